The molecule has 0 fully saturated rings. The van der Waals surface area contributed by atoms with E-state index in [0.29, 0.717) is 0 Å². The molecule has 0 saturated heterocycles. The monoisotopic (exact) mass is 358 g/mol. The SMILES string of the molecule is O=C(OOOC(=O)c1ccc2ccccc2c1)c1ccc2ccccc2c1. The molecule has 0 aliphatic rings. The molecule has 4 aromatic carbocycles. The molecule has 0 atom stereocenters. The highest BCUT2D eigenvalue weighted by atomic mass is 17.5. The molecule has 0 unspecified atom stereocenters. The van der Waals surface area contributed by atoms with E-state index in [2.05, 4.69) is 14.8 Å². The van der Waals surface area contributed by atoms with Crippen LogP contribution in [0.4, 0.5) is 0 Å². The van der Waals surface area contributed by atoms with Gasteiger partial charge in [-0.3, -0.25) is 9.78 Å². The smallest absolute Gasteiger partial charge is 0.254 e. The summed E-state index contributed by atoms with van der Waals surface area (Å²) < 4.78 is 0. The zero-order valence-corrected chi connectivity index (χ0v) is 14.1. The van der Waals surface area contributed by atoms with Crippen molar-refractivity contribution in [3.05, 3.63) is 96.1 Å². The van der Waals surface area contributed by atoms with Gasteiger partial charge in [0.15, 0.2) is 0 Å². The largest absolute Gasteiger partial charge is 0.377 e. The Labute approximate surface area is 154 Å². The maximum absolute atomic E-state index is 12.0. The molecule has 0 aliphatic heterocycles. The fourth-order valence-electron chi connectivity index (χ4n) is 2.81. The molecule has 4 aromatic rings. The number of carbonyl (C=O) groups is 2. The van der Waals surface area contributed by atoms with Gasteiger partial charge in [0, 0.05) is 5.04 Å². The van der Waals surface area contributed by atoms with Crippen molar-refractivity contribution in [3.8, 4) is 0 Å². The van der Waals surface area contributed by atoms with Crippen LogP contribution in [0.5, 0.6) is 0 Å². The Morgan fingerprint density at radius 3 is 1.37 bits per heavy atom. The fourth-order valence-corrected chi connectivity index (χ4v) is 2.81. The van der Waals surface area contributed by atoms with Crippen molar-refractivity contribution in [2.75, 3.05) is 0 Å². The van der Waals surface area contributed by atoms with Crippen molar-refractivity contribution in [2.45, 2.75) is 0 Å². The van der Waals surface area contributed by atoms with Crippen LogP contribution >= 0.6 is 0 Å². The minimum Gasteiger partial charge on any atom is -0.254 e. The predicted molar refractivity (Wildman–Crippen MR) is 99.8 cm³/mol. The summed E-state index contributed by atoms with van der Waals surface area (Å²) in [5.41, 5.74) is 0.575. The molecular weight excluding hydrogens is 344 g/mol. The second kappa shape index (κ2) is 7.27. The lowest BCUT2D eigenvalue weighted by Gasteiger charge is -2.05. The van der Waals surface area contributed by atoms with Crippen LogP contribution in [0, 0.1) is 0 Å². The van der Waals surface area contributed by atoms with E-state index in [-0.39, 0.29) is 11.1 Å². The van der Waals surface area contributed by atoms with Crippen molar-refractivity contribution in [2.24, 2.45) is 0 Å². The Balaban J connectivity index is 1.39. The molecule has 0 bridgehead atoms. The number of rotatable bonds is 4. The van der Waals surface area contributed by atoms with Crippen LogP contribution in [0.15, 0.2) is 84.9 Å². The zero-order valence-electron chi connectivity index (χ0n) is 14.1. The maximum Gasteiger partial charge on any atom is 0.377 e. The number of hydrogen-bond donors (Lipinski definition) is 0. The molecule has 5 nitrogen and oxygen atoms in total. The second-order valence-corrected chi connectivity index (χ2v) is 5.93. The third-order valence-electron chi connectivity index (χ3n) is 4.19. The third kappa shape index (κ3) is 3.63. The Morgan fingerprint density at radius 2 is 0.926 bits per heavy atom. The molecule has 0 aliphatic carbocycles. The standard InChI is InChI=1S/C22H14O5/c23-21(19-11-9-15-5-1-3-7-17(15)13-19)25-27-26-22(24)20-12-10-16-6-2-4-8-18(16)14-20/h1-14H. The first-order valence-corrected chi connectivity index (χ1v) is 8.28. The fraction of sp³-hybridized carbons (Fsp3) is 0. The normalized spacial score (nSPS) is 10.7. The Kier molecular flexibility index (Phi) is 4.51. The summed E-state index contributed by atoms with van der Waals surface area (Å²) in [6.07, 6.45) is 0. The summed E-state index contributed by atoms with van der Waals surface area (Å²) in [6.45, 7) is 0. The third-order valence-corrected chi connectivity index (χ3v) is 4.19. The van der Waals surface area contributed by atoms with E-state index in [1.807, 2.05) is 48.5 Å². The molecule has 0 N–H and O–H groups in total. The Bertz CT molecular complexity index is 1060. The van der Waals surface area contributed by atoms with E-state index in [4.69, 9.17) is 0 Å². The van der Waals surface area contributed by atoms with E-state index in [0.717, 1.165) is 21.5 Å². The number of carbonyl (C=O) groups excluding carboxylic acids is 2. The van der Waals surface area contributed by atoms with E-state index >= 15 is 0 Å². The summed E-state index contributed by atoms with van der Waals surface area (Å²) in [5.74, 6) is -1.51. The summed E-state index contributed by atoms with van der Waals surface area (Å²) in [6, 6.07) is 25.4. The van der Waals surface area contributed by atoms with E-state index < -0.39 is 11.9 Å². The van der Waals surface area contributed by atoms with Crippen molar-refractivity contribution in [1.82, 2.24) is 0 Å². The summed E-state index contributed by atoms with van der Waals surface area (Å²) in [4.78, 5) is 33.2. The maximum atomic E-state index is 12.0. The molecule has 0 spiro atoms. The lowest BCUT2D eigenvalue weighted by Crippen LogP contribution is -2.11. The lowest BCUT2D eigenvalue weighted by atomic mass is 10.1. The number of hydrogen-bond acceptors (Lipinski definition) is 5. The van der Waals surface area contributed by atoms with Crippen LogP contribution < -0.4 is 0 Å². The van der Waals surface area contributed by atoms with Gasteiger partial charge in [0.25, 0.3) is 0 Å². The van der Waals surface area contributed by atoms with Crippen molar-refractivity contribution < 1.29 is 24.4 Å². The molecule has 0 radical (unpaired) electrons. The van der Waals surface area contributed by atoms with Gasteiger partial charge in [0.05, 0.1) is 11.1 Å². The molecule has 0 aromatic heterocycles. The highest BCUT2D eigenvalue weighted by molar-refractivity contribution is 5.96. The van der Waals surface area contributed by atoms with E-state index in [9.17, 15) is 9.59 Å². The average molecular weight is 358 g/mol. The summed E-state index contributed by atoms with van der Waals surface area (Å²) in [7, 11) is 0. The first-order valence-electron chi connectivity index (χ1n) is 8.28. The van der Waals surface area contributed by atoms with Gasteiger partial charge in [0.1, 0.15) is 0 Å². The van der Waals surface area contributed by atoms with Crippen molar-refractivity contribution >= 4 is 33.5 Å². The zero-order chi connectivity index (χ0) is 18.6. The first kappa shape index (κ1) is 16.8. The number of benzene rings is 4. The van der Waals surface area contributed by atoms with Gasteiger partial charge in [0.2, 0.25) is 0 Å². The minimum atomic E-state index is -0.757. The van der Waals surface area contributed by atoms with Gasteiger partial charge < -0.3 is 0 Å². The van der Waals surface area contributed by atoms with E-state index in [1.165, 1.54) is 0 Å². The molecule has 0 amide bonds. The number of fused-ring (bicyclic) bond motifs is 2. The van der Waals surface area contributed by atoms with Crippen LogP contribution in [0.2, 0.25) is 0 Å². The van der Waals surface area contributed by atoms with Crippen LogP contribution in [0.3, 0.4) is 0 Å². The topological polar surface area (TPSA) is 61.8 Å². The molecule has 0 heterocycles. The predicted octanol–water partition coefficient (Wildman–Crippen LogP) is 4.85. The highest BCUT2D eigenvalue weighted by Crippen LogP contribution is 2.18. The van der Waals surface area contributed by atoms with Gasteiger partial charge in [-0.2, -0.15) is 0 Å². The molecule has 132 valence electrons. The summed E-state index contributed by atoms with van der Waals surface area (Å²) >= 11 is 0. The molecule has 4 rings (SSSR count). The Hall–Kier alpha value is -3.70. The van der Waals surface area contributed by atoms with Crippen LogP contribution in [0.25, 0.3) is 21.5 Å². The Morgan fingerprint density at radius 1 is 0.519 bits per heavy atom. The van der Waals surface area contributed by atoms with Gasteiger partial charge in [-0.25, -0.2) is 9.59 Å². The van der Waals surface area contributed by atoms with E-state index in [1.54, 1.807) is 36.4 Å². The highest BCUT2D eigenvalue weighted by Gasteiger charge is 2.13. The first-order chi connectivity index (χ1) is 13.2. The molecule has 0 saturated carbocycles. The molecule has 5 heteroatoms. The quantitative estimate of drug-likeness (QED) is 0.385. The summed E-state index contributed by atoms with van der Waals surface area (Å²) in [5, 5.41) is 8.16. The van der Waals surface area contributed by atoms with Gasteiger partial charge in [-0.1, -0.05) is 60.7 Å². The molecular formula is C22H14O5. The minimum absolute atomic E-state index is 0.287. The van der Waals surface area contributed by atoms with Crippen LogP contribution in [0.1, 0.15) is 20.7 Å². The van der Waals surface area contributed by atoms with Crippen LogP contribution in [-0.4, -0.2) is 11.9 Å². The second-order valence-electron chi connectivity index (χ2n) is 5.93. The van der Waals surface area contributed by atoms with Crippen molar-refractivity contribution in [1.29, 1.82) is 0 Å². The van der Waals surface area contributed by atoms with Crippen molar-refractivity contribution in [3.63, 3.8) is 0 Å². The van der Waals surface area contributed by atoms with Gasteiger partial charge in [-0.15, -0.1) is 0 Å². The van der Waals surface area contributed by atoms with Gasteiger partial charge >= 0.3 is 11.9 Å². The van der Waals surface area contributed by atoms with Gasteiger partial charge in [-0.05, 0) is 45.8 Å². The van der Waals surface area contributed by atoms with Crippen LogP contribution in [-0.2, 0) is 14.8 Å². The lowest BCUT2D eigenvalue weighted by molar-refractivity contribution is -0.446. The average Bonchev–Trinajstić information content (AvgIpc) is 2.72. The molecule has 27 heavy (non-hydrogen) atoms.